The number of carboxylic acids is 1. The lowest BCUT2D eigenvalue weighted by molar-refractivity contribution is -0.142. The Kier molecular flexibility index (Phi) is 11.9. The number of nitrogens with two attached hydrogens (primary N) is 1. The van der Waals surface area contributed by atoms with Gasteiger partial charge in [0.05, 0.1) is 6.04 Å². The van der Waals surface area contributed by atoms with Crippen LogP contribution in [0.2, 0.25) is 0 Å². The molecule has 0 bridgehead atoms. The van der Waals surface area contributed by atoms with E-state index in [1.54, 1.807) is 24.3 Å². The number of aromatic hydroxyl groups is 1. The highest BCUT2D eigenvalue weighted by Crippen LogP contribution is 2.13. The lowest BCUT2D eigenvalue weighted by atomic mass is 10.0. The third kappa shape index (κ3) is 9.65. The van der Waals surface area contributed by atoms with E-state index in [1.165, 1.54) is 12.1 Å². The summed E-state index contributed by atoms with van der Waals surface area (Å²) in [7, 11) is 0. The number of benzene rings is 2. The van der Waals surface area contributed by atoms with Crippen LogP contribution in [0.4, 0.5) is 0 Å². The highest BCUT2D eigenvalue weighted by Gasteiger charge is 2.31. The van der Waals surface area contributed by atoms with Gasteiger partial charge in [-0.1, -0.05) is 42.5 Å². The number of carbonyl (C=O) groups excluding carboxylic acids is 3. The van der Waals surface area contributed by atoms with Gasteiger partial charge in [0.2, 0.25) is 17.7 Å². The van der Waals surface area contributed by atoms with Crippen molar-refractivity contribution < 1.29 is 29.4 Å². The Balaban J connectivity index is 1.76. The summed E-state index contributed by atoms with van der Waals surface area (Å²) < 4.78 is 0. The lowest BCUT2D eigenvalue weighted by Gasteiger charge is -2.25. The average molecular weight is 554 g/mol. The zero-order valence-electron chi connectivity index (χ0n) is 22.5. The van der Waals surface area contributed by atoms with Gasteiger partial charge in [-0.25, -0.2) is 4.79 Å². The maximum absolute atomic E-state index is 13.4. The molecule has 0 aromatic heterocycles. The van der Waals surface area contributed by atoms with Gasteiger partial charge in [-0.2, -0.15) is 0 Å². The molecule has 11 heteroatoms. The number of nitrogens with one attached hydrogen (secondary N) is 4. The molecule has 1 saturated heterocycles. The summed E-state index contributed by atoms with van der Waals surface area (Å²) in [4.78, 5) is 51.6. The fourth-order valence-corrected chi connectivity index (χ4v) is 4.61. The Morgan fingerprint density at radius 3 is 2.10 bits per heavy atom. The summed E-state index contributed by atoms with van der Waals surface area (Å²) in [5.41, 5.74) is 7.00. The van der Waals surface area contributed by atoms with Crippen LogP contribution in [-0.4, -0.2) is 71.2 Å². The molecule has 1 aliphatic rings. The van der Waals surface area contributed by atoms with Gasteiger partial charge in [0.25, 0.3) is 0 Å². The molecule has 0 spiro atoms. The third-order valence-electron chi connectivity index (χ3n) is 6.86. The van der Waals surface area contributed by atoms with E-state index in [-0.39, 0.29) is 30.5 Å². The molecule has 2 aromatic carbocycles. The molecule has 4 unspecified atom stereocenters. The summed E-state index contributed by atoms with van der Waals surface area (Å²) in [5.74, 6) is -2.64. The monoisotopic (exact) mass is 553 g/mol. The number of rotatable bonds is 15. The van der Waals surface area contributed by atoms with E-state index >= 15 is 0 Å². The predicted molar refractivity (Wildman–Crippen MR) is 149 cm³/mol. The Hall–Kier alpha value is -3.96. The first-order valence-electron chi connectivity index (χ1n) is 13.7. The van der Waals surface area contributed by atoms with E-state index in [2.05, 4.69) is 21.3 Å². The summed E-state index contributed by atoms with van der Waals surface area (Å²) in [6.45, 7) is 1.18. The molecule has 2 aromatic rings. The maximum Gasteiger partial charge on any atom is 0.326 e. The van der Waals surface area contributed by atoms with Crippen molar-refractivity contribution in [2.24, 2.45) is 5.73 Å². The van der Waals surface area contributed by atoms with Gasteiger partial charge < -0.3 is 37.2 Å². The minimum Gasteiger partial charge on any atom is -0.508 e. The molecule has 1 fully saturated rings. The van der Waals surface area contributed by atoms with Gasteiger partial charge in [0.1, 0.15) is 23.9 Å². The number of hydrogen-bond donors (Lipinski definition) is 7. The van der Waals surface area contributed by atoms with Gasteiger partial charge in [0, 0.05) is 12.8 Å². The molecule has 0 saturated carbocycles. The molecule has 40 heavy (non-hydrogen) atoms. The van der Waals surface area contributed by atoms with E-state index in [1.807, 2.05) is 18.2 Å². The summed E-state index contributed by atoms with van der Waals surface area (Å²) in [5, 5.41) is 30.5. The zero-order valence-corrected chi connectivity index (χ0v) is 22.5. The van der Waals surface area contributed by atoms with E-state index in [0.717, 1.165) is 18.5 Å². The van der Waals surface area contributed by atoms with Gasteiger partial charge in [0.15, 0.2) is 0 Å². The SMILES string of the molecule is NCCCCC(NC(=O)C1CCCN1)C(=O)NC(Cc1ccccc1)C(=O)NC(Cc1ccc(O)cc1)C(=O)O. The molecular formula is C29H39N5O6. The van der Waals surface area contributed by atoms with Gasteiger partial charge in [-0.3, -0.25) is 14.4 Å². The van der Waals surface area contributed by atoms with Gasteiger partial charge in [-0.15, -0.1) is 0 Å². The predicted octanol–water partition coefficient (Wildman–Crippen LogP) is 0.597. The summed E-state index contributed by atoms with van der Waals surface area (Å²) in [6, 6.07) is 11.5. The molecular weight excluding hydrogens is 514 g/mol. The zero-order chi connectivity index (χ0) is 28.9. The van der Waals surface area contributed by atoms with E-state index in [9.17, 15) is 29.4 Å². The van der Waals surface area contributed by atoms with Crippen LogP contribution in [0.5, 0.6) is 5.75 Å². The number of aliphatic carboxylic acids is 1. The quantitative estimate of drug-likeness (QED) is 0.156. The van der Waals surface area contributed by atoms with Crippen LogP contribution < -0.4 is 27.0 Å². The fourth-order valence-electron chi connectivity index (χ4n) is 4.61. The highest BCUT2D eigenvalue weighted by atomic mass is 16.4. The fraction of sp³-hybridized carbons (Fsp3) is 0.448. The average Bonchev–Trinajstić information content (AvgIpc) is 3.49. The molecule has 11 nitrogen and oxygen atoms in total. The Bertz CT molecular complexity index is 1120. The van der Waals surface area contributed by atoms with Crippen molar-refractivity contribution >= 4 is 23.7 Å². The first kappa shape index (κ1) is 30.6. The van der Waals surface area contributed by atoms with Crippen molar-refractivity contribution in [2.75, 3.05) is 13.1 Å². The van der Waals surface area contributed by atoms with Crippen molar-refractivity contribution in [2.45, 2.75) is 69.1 Å². The number of phenolic OH excluding ortho intramolecular Hbond substituents is 1. The smallest absolute Gasteiger partial charge is 0.326 e. The molecule has 216 valence electrons. The van der Waals surface area contributed by atoms with Crippen LogP contribution in [0.3, 0.4) is 0 Å². The first-order chi connectivity index (χ1) is 19.3. The molecule has 4 atom stereocenters. The minimum absolute atomic E-state index is 0.0144. The second kappa shape index (κ2) is 15.6. The second-order valence-electron chi connectivity index (χ2n) is 10.0. The van der Waals surface area contributed by atoms with Crippen LogP contribution in [0.1, 0.15) is 43.2 Å². The van der Waals surface area contributed by atoms with Gasteiger partial charge >= 0.3 is 5.97 Å². The van der Waals surface area contributed by atoms with E-state index in [4.69, 9.17) is 5.73 Å². The number of amides is 3. The van der Waals surface area contributed by atoms with Crippen LogP contribution in [-0.2, 0) is 32.0 Å². The van der Waals surface area contributed by atoms with Gasteiger partial charge in [-0.05, 0) is 68.5 Å². The number of unbranched alkanes of at least 4 members (excludes halogenated alkanes) is 1. The van der Waals surface area contributed by atoms with Crippen LogP contribution in [0, 0.1) is 0 Å². The summed E-state index contributed by atoms with van der Waals surface area (Å²) in [6.07, 6.45) is 3.29. The summed E-state index contributed by atoms with van der Waals surface area (Å²) >= 11 is 0. The van der Waals surface area contributed by atoms with Crippen LogP contribution in [0.15, 0.2) is 54.6 Å². The van der Waals surface area contributed by atoms with E-state index < -0.39 is 35.9 Å². The minimum atomic E-state index is -1.26. The number of phenols is 1. The number of carbonyl (C=O) groups is 4. The molecule has 0 aliphatic carbocycles. The largest absolute Gasteiger partial charge is 0.508 e. The second-order valence-corrected chi connectivity index (χ2v) is 10.0. The molecule has 1 aliphatic heterocycles. The Morgan fingerprint density at radius 2 is 1.48 bits per heavy atom. The van der Waals surface area contributed by atoms with Crippen molar-refractivity contribution in [1.29, 1.82) is 0 Å². The Morgan fingerprint density at radius 1 is 0.850 bits per heavy atom. The van der Waals surface area contributed by atoms with Crippen LogP contribution in [0.25, 0.3) is 0 Å². The molecule has 0 radical (unpaired) electrons. The molecule has 8 N–H and O–H groups in total. The molecule has 3 rings (SSSR count). The first-order valence-corrected chi connectivity index (χ1v) is 13.7. The Labute approximate surface area is 233 Å². The molecule has 1 heterocycles. The van der Waals surface area contributed by atoms with E-state index in [0.29, 0.717) is 37.8 Å². The number of carboxylic acid groups (broad SMARTS) is 1. The van der Waals surface area contributed by atoms with Crippen molar-refractivity contribution in [3.63, 3.8) is 0 Å². The highest BCUT2D eigenvalue weighted by molar-refractivity contribution is 5.94. The lowest BCUT2D eigenvalue weighted by Crippen LogP contribution is -2.57. The van der Waals surface area contributed by atoms with Crippen molar-refractivity contribution in [3.05, 3.63) is 65.7 Å². The molecule has 3 amide bonds. The number of hydrogen-bond acceptors (Lipinski definition) is 7. The normalized spacial score (nSPS) is 16.9. The maximum atomic E-state index is 13.4. The topological polar surface area (TPSA) is 183 Å². The van der Waals surface area contributed by atoms with Crippen LogP contribution >= 0.6 is 0 Å². The standard InChI is InChI=1S/C29H39N5O6/c30-15-5-4-9-23(32-26(36)22-10-6-16-31-22)27(37)33-24(17-19-7-2-1-3-8-19)28(38)34-25(29(39)40)18-20-11-13-21(35)14-12-20/h1-3,7-8,11-14,22-25,31,35H,4-6,9-10,15-18,30H2,(H,32,36)(H,33,37)(H,34,38)(H,39,40). The third-order valence-corrected chi connectivity index (χ3v) is 6.86. The van der Waals surface area contributed by atoms with Crippen molar-refractivity contribution in [1.82, 2.24) is 21.3 Å². The van der Waals surface area contributed by atoms with Crippen molar-refractivity contribution in [3.8, 4) is 5.75 Å².